The Balaban J connectivity index is 1.99. The summed E-state index contributed by atoms with van der Waals surface area (Å²) in [4.78, 5) is 0.0292. The first-order valence-corrected chi connectivity index (χ1v) is 8.66. The van der Waals surface area contributed by atoms with Gasteiger partial charge in [0.25, 0.3) is 0 Å². The van der Waals surface area contributed by atoms with Crippen LogP contribution < -0.4 is 4.72 Å². The largest absolute Gasteiger partial charge is 0.466 e. The Morgan fingerprint density at radius 3 is 2.59 bits per heavy atom. The minimum atomic E-state index is -3.69. The van der Waals surface area contributed by atoms with Crippen LogP contribution in [0.4, 0.5) is 0 Å². The van der Waals surface area contributed by atoms with E-state index in [2.05, 4.69) is 4.72 Å². The molecule has 1 atom stereocenters. The van der Waals surface area contributed by atoms with Gasteiger partial charge in [0, 0.05) is 12.1 Å². The fourth-order valence-corrected chi connectivity index (χ4v) is 3.77. The van der Waals surface area contributed by atoms with E-state index in [0.717, 1.165) is 0 Å². The molecule has 0 bridgehead atoms. The Hall–Kier alpha value is -1.34. The molecule has 22 heavy (non-hydrogen) atoms. The van der Waals surface area contributed by atoms with Gasteiger partial charge in [-0.3, -0.25) is 0 Å². The summed E-state index contributed by atoms with van der Waals surface area (Å²) < 4.78 is 32.1. The van der Waals surface area contributed by atoms with Crippen molar-refractivity contribution in [2.45, 2.75) is 31.3 Å². The number of sulfonamides is 1. The molecule has 0 saturated heterocycles. The SMILES string of the molecule is Cc1cc([C@H](O)CCNS(=O)(=O)c2ccccc2Cl)c(C)o1. The summed E-state index contributed by atoms with van der Waals surface area (Å²) in [5.74, 6) is 1.35. The zero-order valence-corrected chi connectivity index (χ0v) is 13.9. The zero-order chi connectivity index (χ0) is 16.3. The predicted molar refractivity (Wildman–Crippen MR) is 84.4 cm³/mol. The van der Waals surface area contributed by atoms with Crippen LogP contribution in [0.5, 0.6) is 0 Å². The minimum absolute atomic E-state index is 0.0292. The lowest BCUT2D eigenvalue weighted by Gasteiger charge is -2.11. The van der Waals surface area contributed by atoms with Crippen LogP contribution in [0.15, 0.2) is 39.6 Å². The molecule has 0 unspecified atom stereocenters. The van der Waals surface area contributed by atoms with Crippen LogP contribution in [0.25, 0.3) is 0 Å². The molecule has 0 fully saturated rings. The van der Waals surface area contributed by atoms with E-state index in [1.807, 2.05) is 0 Å². The first-order valence-electron chi connectivity index (χ1n) is 6.80. The Morgan fingerprint density at radius 2 is 2.00 bits per heavy atom. The molecule has 1 aromatic heterocycles. The second-order valence-electron chi connectivity index (χ2n) is 5.00. The molecule has 2 aromatic rings. The normalized spacial score (nSPS) is 13.3. The van der Waals surface area contributed by atoms with Crippen LogP contribution in [0.3, 0.4) is 0 Å². The molecule has 0 spiro atoms. The highest BCUT2D eigenvalue weighted by Gasteiger charge is 2.19. The van der Waals surface area contributed by atoms with Gasteiger partial charge in [-0.1, -0.05) is 23.7 Å². The summed E-state index contributed by atoms with van der Waals surface area (Å²) in [5, 5.41) is 10.3. The highest BCUT2D eigenvalue weighted by atomic mass is 35.5. The third kappa shape index (κ3) is 3.89. The molecule has 120 valence electrons. The van der Waals surface area contributed by atoms with Crippen molar-refractivity contribution < 1.29 is 17.9 Å². The van der Waals surface area contributed by atoms with Crippen molar-refractivity contribution in [2.24, 2.45) is 0 Å². The topological polar surface area (TPSA) is 79.5 Å². The summed E-state index contributed by atoms with van der Waals surface area (Å²) in [7, 11) is -3.69. The first kappa shape index (κ1) is 17.0. The molecule has 7 heteroatoms. The third-order valence-corrected chi connectivity index (χ3v) is 5.24. The van der Waals surface area contributed by atoms with E-state index in [9.17, 15) is 13.5 Å². The molecule has 1 heterocycles. The number of aliphatic hydroxyl groups is 1. The van der Waals surface area contributed by atoms with E-state index in [4.69, 9.17) is 16.0 Å². The Labute approximate surface area is 135 Å². The van der Waals surface area contributed by atoms with Crippen LogP contribution in [-0.4, -0.2) is 20.1 Å². The lowest BCUT2D eigenvalue weighted by molar-refractivity contribution is 0.167. The van der Waals surface area contributed by atoms with Crippen molar-refractivity contribution in [3.63, 3.8) is 0 Å². The van der Waals surface area contributed by atoms with Crippen molar-refractivity contribution in [2.75, 3.05) is 6.54 Å². The highest BCUT2D eigenvalue weighted by Crippen LogP contribution is 2.24. The number of hydrogen-bond donors (Lipinski definition) is 2. The lowest BCUT2D eigenvalue weighted by atomic mass is 10.1. The standard InChI is InChI=1S/C15H18ClNO4S/c1-10-9-12(11(2)21-10)14(18)7-8-17-22(19,20)15-6-4-3-5-13(15)16/h3-6,9,14,17-18H,7-8H2,1-2H3/t14-/m1/s1. The molecule has 0 aliphatic carbocycles. The second kappa shape index (κ2) is 6.83. The molecular weight excluding hydrogens is 326 g/mol. The van der Waals surface area contributed by atoms with Crippen LogP contribution in [-0.2, 0) is 10.0 Å². The van der Waals surface area contributed by atoms with Crippen molar-refractivity contribution in [3.05, 3.63) is 52.4 Å². The van der Waals surface area contributed by atoms with Crippen LogP contribution in [0.2, 0.25) is 5.02 Å². The van der Waals surface area contributed by atoms with Gasteiger partial charge in [0.15, 0.2) is 0 Å². The molecule has 0 amide bonds. The van der Waals surface area contributed by atoms with Gasteiger partial charge in [-0.25, -0.2) is 13.1 Å². The average Bonchev–Trinajstić information content (AvgIpc) is 2.77. The van der Waals surface area contributed by atoms with Crippen LogP contribution in [0, 0.1) is 13.8 Å². The maximum Gasteiger partial charge on any atom is 0.242 e. The monoisotopic (exact) mass is 343 g/mol. The van der Waals surface area contributed by atoms with Gasteiger partial charge >= 0.3 is 0 Å². The molecule has 2 N–H and O–H groups in total. The fourth-order valence-electron chi connectivity index (χ4n) is 2.21. The molecule has 0 radical (unpaired) electrons. The summed E-state index contributed by atoms with van der Waals surface area (Å²) in [6.07, 6.45) is -0.546. The minimum Gasteiger partial charge on any atom is -0.466 e. The van der Waals surface area contributed by atoms with Crippen LogP contribution in [0.1, 0.15) is 29.6 Å². The maximum absolute atomic E-state index is 12.1. The van der Waals surface area contributed by atoms with Gasteiger partial charge in [0.1, 0.15) is 16.4 Å². The van der Waals surface area contributed by atoms with Crippen molar-refractivity contribution in [1.82, 2.24) is 4.72 Å². The summed E-state index contributed by atoms with van der Waals surface area (Å²) in [6, 6.07) is 7.97. The quantitative estimate of drug-likeness (QED) is 0.845. The molecule has 5 nitrogen and oxygen atoms in total. The van der Waals surface area contributed by atoms with E-state index in [-0.39, 0.29) is 22.9 Å². The van der Waals surface area contributed by atoms with Gasteiger partial charge in [-0.2, -0.15) is 0 Å². The number of benzene rings is 1. The Kier molecular flexibility index (Phi) is 5.28. The van der Waals surface area contributed by atoms with E-state index in [1.165, 1.54) is 12.1 Å². The van der Waals surface area contributed by atoms with Crippen molar-refractivity contribution in [3.8, 4) is 0 Å². The lowest BCUT2D eigenvalue weighted by Crippen LogP contribution is -2.26. The number of nitrogens with one attached hydrogen (secondary N) is 1. The highest BCUT2D eigenvalue weighted by molar-refractivity contribution is 7.89. The molecule has 0 aliphatic heterocycles. The number of furan rings is 1. The van der Waals surface area contributed by atoms with E-state index >= 15 is 0 Å². The van der Waals surface area contributed by atoms with Crippen molar-refractivity contribution >= 4 is 21.6 Å². The van der Waals surface area contributed by atoms with Gasteiger partial charge in [0.05, 0.1) is 11.1 Å². The van der Waals surface area contributed by atoms with Gasteiger partial charge < -0.3 is 9.52 Å². The summed E-state index contributed by atoms with van der Waals surface area (Å²) in [6.45, 7) is 3.65. The van der Waals surface area contributed by atoms with Crippen molar-refractivity contribution in [1.29, 1.82) is 0 Å². The predicted octanol–water partition coefficient (Wildman–Crippen LogP) is 2.95. The number of aryl methyl sites for hydroxylation is 2. The number of aliphatic hydroxyl groups excluding tert-OH is 1. The van der Waals surface area contributed by atoms with Gasteiger partial charge in [-0.15, -0.1) is 0 Å². The van der Waals surface area contributed by atoms with E-state index < -0.39 is 16.1 Å². The zero-order valence-electron chi connectivity index (χ0n) is 12.3. The Bertz CT molecular complexity index is 755. The van der Waals surface area contributed by atoms with Gasteiger partial charge in [0.2, 0.25) is 10.0 Å². The third-order valence-electron chi connectivity index (χ3n) is 3.27. The van der Waals surface area contributed by atoms with E-state index in [0.29, 0.717) is 17.1 Å². The van der Waals surface area contributed by atoms with Gasteiger partial charge in [-0.05, 0) is 38.5 Å². The molecule has 0 aliphatic rings. The molecule has 1 aromatic carbocycles. The van der Waals surface area contributed by atoms with E-state index in [1.54, 1.807) is 32.0 Å². The number of hydrogen-bond acceptors (Lipinski definition) is 4. The summed E-state index contributed by atoms with van der Waals surface area (Å²) in [5.41, 5.74) is 0.675. The number of rotatable bonds is 6. The molecule has 0 saturated carbocycles. The maximum atomic E-state index is 12.1. The average molecular weight is 344 g/mol. The smallest absolute Gasteiger partial charge is 0.242 e. The van der Waals surface area contributed by atoms with Crippen LogP contribution >= 0.6 is 11.6 Å². The molecule has 2 rings (SSSR count). The fraction of sp³-hybridized carbons (Fsp3) is 0.333. The first-order chi connectivity index (χ1) is 10.3. The Morgan fingerprint density at radius 1 is 1.32 bits per heavy atom. The summed E-state index contributed by atoms with van der Waals surface area (Å²) >= 11 is 5.89. The second-order valence-corrected chi connectivity index (χ2v) is 7.14. The number of halogens is 1. The molecular formula is C15H18ClNO4S.